The summed E-state index contributed by atoms with van der Waals surface area (Å²) in [5.74, 6) is 0.346. The fourth-order valence-electron chi connectivity index (χ4n) is 3.93. The highest BCUT2D eigenvalue weighted by Gasteiger charge is 2.27. The number of hydrogen-bond donors (Lipinski definition) is 1. The summed E-state index contributed by atoms with van der Waals surface area (Å²) in [6, 6.07) is 17.0. The molecule has 1 unspecified atom stereocenters. The zero-order valence-corrected chi connectivity index (χ0v) is 20.2. The summed E-state index contributed by atoms with van der Waals surface area (Å²) in [4.78, 5) is 33.0. The van der Waals surface area contributed by atoms with E-state index >= 15 is 0 Å². The van der Waals surface area contributed by atoms with Crippen molar-refractivity contribution in [2.75, 3.05) is 19.5 Å². The molecule has 0 spiro atoms. The second kappa shape index (κ2) is 10.1. The monoisotopic (exact) mass is 494 g/mol. The topological polar surface area (TPSA) is 76.5 Å². The number of carbonyl (C=O) groups excluding carboxylic acids is 1. The molecule has 0 aliphatic heterocycles. The number of carbonyl (C=O) groups is 1. The lowest BCUT2D eigenvalue weighted by molar-refractivity contribution is 0.199. The highest BCUT2D eigenvalue weighted by atomic mass is 35.5. The third-order valence-electron chi connectivity index (χ3n) is 5.76. The average molecular weight is 495 g/mol. The third kappa shape index (κ3) is 4.83. The van der Waals surface area contributed by atoms with E-state index in [0.29, 0.717) is 40.3 Å². The Kier molecular flexibility index (Phi) is 7.02. The number of aromatic nitrogens is 2. The van der Waals surface area contributed by atoms with Gasteiger partial charge in [-0.05, 0) is 48.9 Å². The van der Waals surface area contributed by atoms with Gasteiger partial charge in [-0.15, -0.1) is 0 Å². The summed E-state index contributed by atoms with van der Waals surface area (Å²) >= 11 is 6.03. The molecule has 1 N–H and O–H groups in total. The number of para-hydroxylation sites is 1. The van der Waals surface area contributed by atoms with E-state index in [0.717, 1.165) is 0 Å². The van der Waals surface area contributed by atoms with E-state index in [4.69, 9.17) is 21.3 Å². The minimum Gasteiger partial charge on any atom is -0.497 e. The number of nitrogens with zero attached hydrogens (tertiary/aromatic N) is 3. The highest BCUT2D eigenvalue weighted by molar-refractivity contribution is 6.30. The Hall–Kier alpha value is -3.91. The van der Waals surface area contributed by atoms with E-state index in [1.54, 1.807) is 62.7 Å². The number of benzene rings is 3. The number of halogens is 2. The van der Waals surface area contributed by atoms with Crippen molar-refractivity contribution in [1.29, 1.82) is 0 Å². The molecule has 0 radical (unpaired) electrons. The van der Waals surface area contributed by atoms with Crippen LogP contribution in [0.1, 0.15) is 25.2 Å². The van der Waals surface area contributed by atoms with E-state index in [2.05, 4.69) is 5.32 Å². The molecule has 0 fully saturated rings. The fourth-order valence-corrected chi connectivity index (χ4v) is 4.11. The van der Waals surface area contributed by atoms with E-state index in [1.165, 1.54) is 27.7 Å². The minimum atomic E-state index is -0.597. The molecule has 9 heteroatoms. The molecule has 4 aromatic rings. The molecular weight excluding hydrogens is 471 g/mol. The number of amides is 2. The lowest BCUT2D eigenvalue weighted by Gasteiger charge is -2.29. The van der Waals surface area contributed by atoms with Crippen LogP contribution in [0.5, 0.6) is 5.75 Å². The van der Waals surface area contributed by atoms with Gasteiger partial charge in [0.25, 0.3) is 5.56 Å². The summed E-state index contributed by atoms with van der Waals surface area (Å²) in [6.45, 7) is 1.89. The molecule has 0 aliphatic rings. The van der Waals surface area contributed by atoms with Gasteiger partial charge < -0.3 is 15.0 Å². The number of methoxy groups -OCH3 is 1. The number of hydrogen-bond acceptors (Lipinski definition) is 4. The Bertz CT molecular complexity index is 1460. The van der Waals surface area contributed by atoms with E-state index in [1.807, 2.05) is 6.92 Å². The summed E-state index contributed by atoms with van der Waals surface area (Å²) in [7, 11) is 3.18. The van der Waals surface area contributed by atoms with Crippen molar-refractivity contribution in [3.8, 4) is 11.4 Å². The quantitative estimate of drug-likeness (QED) is 0.367. The van der Waals surface area contributed by atoms with Crippen LogP contribution >= 0.6 is 11.6 Å². The molecule has 35 heavy (non-hydrogen) atoms. The van der Waals surface area contributed by atoms with Crippen molar-refractivity contribution in [3.63, 3.8) is 0 Å². The second-order valence-electron chi connectivity index (χ2n) is 7.92. The van der Waals surface area contributed by atoms with Gasteiger partial charge in [-0.2, -0.15) is 0 Å². The van der Waals surface area contributed by atoms with Crippen LogP contribution in [0.4, 0.5) is 14.9 Å². The number of anilines is 1. The molecule has 4 rings (SSSR count). The predicted octanol–water partition coefficient (Wildman–Crippen LogP) is 5.80. The summed E-state index contributed by atoms with van der Waals surface area (Å²) in [5, 5.41) is 3.13. The largest absolute Gasteiger partial charge is 0.497 e. The Balaban J connectivity index is 1.81. The number of fused-ring (bicyclic) bond motifs is 1. The first-order valence-corrected chi connectivity index (χ1v) is 11.4. The van der Waals surface area contributed by atoms with Gasteiger partial charge in [0.1, 0.15) is 17.4 Å². The van der Waals surface area contributed by atoms with Gasteiger partial charge in [0.2, 0.25) is 0 Å². The molecule has 0 saturated heterocycles. The van der Waals surface area contributed by atoms with Crippen LogP contribution < -0.4 is 15.6 Å². The van der Waals surface area contributed by atoms with Gasteiger partial charge in [-0.1, -0.05) is 36.7 Å². The first kappa shape index (κ1) is 24.2. The van der Waals surface area contributed by atoms with Crippen molar-refractivity contribution in [1.82, 2.24) is 14.5 Å². The minimum absolute atomic E-state index is 0.120. The van der Waals surface area contributed by atoms with Crippen LogP contribution in [0.2, 0.25) is 5.02 Å². The molecule has 1 aromatic heterocycles. The predicted molar refractivity (Wildman–Crippen MR) is 135 cm³/mol. The third-order valence-corrected chi connectivity index (χ3v) is 6.05. The Labute approximate surface area is 206 Å². The van der Waals surface area contributed by atoms with Crippen LogP contribution in [0.25, 0.3) is 16.6 Å². The molecule has 0 saturated carbocycles. The molecule has 0 bridgehead atoms. The summed E-state index contributed by atoms with van der Waals surface area (Å²) < 4.78 is 20.5. The summed E-state index contributed by atoms with van der Waals surface area (Å²) in [5.41, 5.74) is 1.07. The van der Waals surface area contributed by atoms with Crippen molar-refractivity contribution >= 4 is 34.2 Å². The van der Waals surface area contributed by atoms with Crippen LogP contribution in [0.15, 0.2) is 71.5 Å². The molecule has 0 aliphatic carbocycles. The zero-order chi connectivity index (χ0) is 25.1. The highest BCUT2D eigenvalue weighted by Crippen LogP contribution is 2.27. The smallest absolute Gasteiger partial charge is 0.322 e. The molecule has 180 valence electrons. The van der Waals surface area contributed by atoms with E-state index < -0.39 is 17.9 Å². The van der Waals surface area contributed by atoms with E-state index in [9.17, 15) is 14.0 Å². The van der Waals surface area contributed by atoms with Crippen molar-refractivity contribution in [2.45, 2.75) is 19.4 Å². The number of nitrogens with one attached hydrogen (secondary N) is 1. The van der Waals surface area contributed by atoms with Gasteiger partial charge in [-0.25, -0.2) is 14.2 Å². The standard InChI is InChI=1S/C26H24ClFN4O3/c1-4-23(31(2)26(34)29-16-8-7-9-18(14-16)35-3)24-30-22-11-6-5-10-19(22)25(33)32(24)17-12-13-21(28)20(27)15-17/h5-15,23H,4H2,1-3H3,(H,29,34). The Morgan fingerprint density at radius 1 is 1.17 bits per heavy atom. The first-order chi connectivity index (χ1) is 16.8. The first-order valence-electron chi connectivity index (χ1n) is 11.0. The molecular formula is C26H24ClFN4O3. The molecule has 2 amide bonds. The van der Waals surface area contributed by atoms with Crippen LogP contribution in [0, 0.1) is 5.82 Å². The van der Waals surface area contributed by atoms with Gasteiger partial charge >= 0.3 is 6.03 Å². The Morgan fingerprint density at radius 3 is 2.66 bits per heavy atom. The Morgan fingerprint density at radius 2 is 1.94 bits per heavy atom. The molecule has 1 atom stereocenters. The molecule has 1 heterocycles. The van der Waals surface area contributed by atoms with Crippen LogP contribution in [0.3, 0.4) is 0 Å². The maximum Gasteiger partial charge on any atom is 0.322 e. The van der Waals surface area contributed by atoms with Crippen LogP contribution in [-0.4, -0.2) is 34.6 Å². The average Bonchev–Trinajstić information content (AvgIpc) is 2.86. The number of rotatable bonds is 6. The second-order valence-corrected chi connectivity index (χ2v) is 8.33. The fraction of sp³-hybridized carbons (Fsp3) is 0.192. The van der Waals surface area contributed by atoms with Crippen LogP contribution in [-0.2, 0) is 0 Å². The lowest BCUT2D eigenvalue weighted by atomic mass is 10.1. The number of urea groups is 1. The normalized spacial score (nSPS) is 11.8. The lowest BCUT2D eigenvalue weighted by Crippen LogP contribution is -2.38. The van der Waals surface area contributed by atoms with Gasteiger partial charge in [0, 0.05) is 18.8 Å². The van der Waals surface area contributed by atoms with Gasteiger partial charge in [0.15, 0.2) is 0 Å². The SMILES string of the molecule is CCC(c1nc2ccccc2c(=O)n1-c1ccc(F)c(Cl)c1)N(C)C(=O)Nc1cccc(OC)c1. The van der Waals surface area contributed by atoms with Crippen molar-refractivity contribution in [3.05, 3.63) is 93.7 Å². The summed E-state index contributed by atoms with van der Waals surface area (Å²) in [6.07, 6.45) is 0.460. The maximum atomic E-state index is 13.9. The number of ether oxygens (including phenoxy) is 1. The zero-order valence-electron chi connectivity index (χ0n) is 19.5. The maximum absolute atomic E-state index is 13.9. The molecule has 3 aromatic carbocycles. The van der Waals surface area contributed by atoms with Crippen molar-refractivity contribution < 1.29 is 13.9 Å². The van der Waals surface area contributed by atoms with Gasteiger partial charge in [0.05, 0.1) is 34.8 Å². The molecule has 7 nitrogen and oxygen atoms in total. The van der Waals surface area contributed by atoms with Gasteiger partial charge in [-0.3, -0.25) is 9.36 Å². The van der Waals surface area contributed by atoms with Crippen molar-refractivity contribution in [2.24, 2.45) is 0 Å². The van der Waals surface area contributed by atoms with E-state index in [-0.39, 0.29) is 10.6 Å².